The molecule has 0 aliphatic heterocycles. The van der Waals surface area contributed by atoms with Gasteiger partial charge in [0, 0.05) is 0 Å². The fourth-order valence-electron chi connectivity index (χ4n) is 6.03. The third-order valence-electron chi connectivity index (χ3n) is 9.46. The van der Waals surface area contributed by atoms with Crippen LogP contribution in [0.5, 0.6) is 11.5 Å². The van der Waals surface area contributed by atoms with Crippen LogP contribution in [0.2, 0.25) is 0 Å². The molecule has 0 radical (unpaired) electrons. The van der Waals surface area contributed by atoms with Gasteiger partial charge in [-0.25, -0.2) is 0 Å². The van der Waals surface area contributed by atoms with Crippen LogP contribution in [-0.2, 0) is 5.41 Å². The van der Waals surface area contributed by atoms with Crippen LogP contribution in [0.25, 0.3) is 11.1 Å². The molecule has 0 aromatic heterocycles. The molecule has 6 nitrogen and oxygen atoms in total. The van der Waals surface area contributed by atoms with E-state index >= 15 is 0 Å². The fourth-order valence-corrected chi connectivity index (χ4v) is 6.03. The van der Waals surface area contributed by atoms with Gasteiger partial charge >= 0.3 is 0 Å². The zero-order valence-corrected chi connectivity index (χ0v) is 25.0. The van der Waals surface area contributed by atoms with Crippen molar-refractivity contribution in [1.82, 2.24) is 0 Å². The minimum absolute atomic E-state index is 0.145. The second-order valence-corrected chi connectivity index (χ2v) is 11.8. The number of aliphatic hydroxyl groups excluding tert-OH is 4. The van der Waals surface area contributed by atoms with Gasteiger partial charge in [-0.1, -0.05) is 86.6 Å². The summed E-state index contributed by atoms with van der Waals surface area (Å²) in [5.41, 5.74) is 4.98. The normalized spacial score (nSPS) is 13.8. The molecule has 4 N–H and O–H groups in total. The summed E-state index contributed by atoms with van der Waals surface area (Å²) >= 11 is 0. The minimum Gasteiger partial charge on any atom is -0.493 e. The van der Waals surface area contributed by atoms with Gasteiger partial charge in [-0.15, -0.1) is 0 Å². The molecule has 0 saturated carbocycles. The topological polar surface area (TPSA) is 99.4 Å². The Hall–Kier alpha value is -3.68. The average Bonchev–Trinajstić information content (AvgIpc) is 3.38. The first-order chi connectivity index (χ1) is 20.9. The maximum atomic E-state index is 9.85. The summed E-state index contributed by atoms with van der Waals surface area (Å²) in [6.07, 6.45) is 1.21. The van der Waals surface area contributed by atoms with Crippen molar-refractivity contribution in [2.45, 2.75) is 32.1 Å². The number of hydrogen-bond donors (Lipinski definition) is 4. The maximum absolute atomic E-state index is 9.85. The van der Waals surface area contributed by atoms with Gasteiger partial charge in [0.25, 0.3) is 0 Å². The van der Waals surface area contributed by atoms with E-state index in [0.717, 1.165) is 11.1 Å². The summed E-state index contributed by atoms with van der Waals surface area (Å²) in [6, 6.07) is 33.3. The van der Waals surface area contributed by atoms with E-state index in [4.69, 9.17) is 9.47 Å². The SMILES string of the molecule is CCC(CO)(CO)COc1ccc(C2(c3ccc(OCC(CC)(CO)CO)cc3)c3ccccc3-c3ccccc32)cc1. The number of hydrogen-bond acceptors (Lipinski definition) is 6. The molecular formula is C37H42O6. The lowest BCUT2D eigenvalue weighted by Gasteiger charge is -2.34. The zero-order chi connectivity index (χ0) is 30.5. The van der Waals surface area contributed by atoms with E-state index < -0.39 is 16.2 Å². The molecule has 1 aliphatic carbocycles. The Morgan fingerprint density at radius 1 is 0.512 bits per heavy atom. The van der Waals surface area contributed by atoms with Gasteiger partial charge < -0.3 is 29.9 Å². The number of ether oxygens (including phenoxy) is 2. The van der Waals surface area contributed by atoms with Gasteiger partial charge in [-0.2, -0.15) is 0 Å². The van der Waals surface area contributed by atoms with Crippen molar-refractivity contribution in [3.05, 3.63) is 119 Å². The van der Waals surface area contributed by atoms with Crippen LogP contribution in [0.15, 0.2) is 97.1 Å². The van der Waals surface area contributed by atoms with E-state index in [0.29, 0.717) is 24.3 Å². The van der Waals surface area contributed by atoms with Gasteiger partial charge in [-0.3, -0.25) is 0 Å². The molecule has 6 heteroatoms. The molecule has 4 aromatic carbocycles. The number of benzene rings is 4. The smallest absolute Gasteiger partial charge is 0.119 e. The van der Waals surface area contributed by atoms with Crippen LogP contribution in [0.3, 0.4) is 0 Å². The Bertz CT molecular complexity index is 1360. The molecule has 0 amide bonds. The highest BCUT2D eigenvalue weighted by Gasteiger charge is 2.46. The molecule has 0 unspecified atom stereocenters. The number of rotatable bonds is 14. The lowest BCUT2D eigenvalue weighted by atomic mass is 9.68. The molecule has 1 aliphatic rings. The van der Waals surface area contributed by atoms with Gasteiger partial charge in [0.1, 0.15) is 11.5 Å². The monoisotopic (exact) mass is 582 g/mol. The molecule has 0 heterocycles. The van der Waals surface area contributed by atoms with Gasteiger partial charge in [0.2, 0.25) is 0 Å². The molecule has 5 rings (SSSR count). The first-order valence-electron chi connectivity index (χ1n) is 15.0. The van der Waals surface area contributed by atoms with E-state index in [2.05, 4.69) is 72.8 Å². The number of fused-ring (bicyclic) bond motifs is 3. The van der Waals surface area contributed by atoms with E-state index in [1.54, 1.807) is 0 Å². The standard InChI is InChI=1S/C37H42O6/c1-3-35(21-38,22-39)25-42-29-17-13-27(14-18-29)37(33-11-7-5-9-31(33)32-10-6-8-12-34(32)37)28-15-19-30(20-16-28)43-26-36(4-2,23-40)24-41/h5-20,38-41H,3-4,21-26H2,1-2H3. The quantitative estimate of drug-likeness (QED) is 0.137. The van der Waals surface area contributed by atoms with Crippen molar-refractivity contribution in [1.29, 1.82) is 0 Å². The van der Waals surface area contributed by atoms with Crippen molar-refractivity contribution in [3.63, 3.8) is 0 Å². The number of aliphatic hydroxyl groups is 4. The van der Waals surface area contributed by atoms with Gasteiger partial charge in [-0.05, 0) is 70.5 Å². The van der Waals surface area contributed by atoms with Crippen LogP contribution in [-0.4, -0.2) is 60.1 Å². The third-order valence-corrected chi connectivity index (χ3v) is 9.46. The van der Waals surface area contributed by atoms with Crippen LogP contribution in [0.1, 0.15) is 48.9 Å². The second-order valence-electron chi connectivity index (χ2n) is 11.8. The van der Waals surface area contributed by atoms with Crippen LogP contribution < -0.4 is 9.47 Å². The maximum Gasteiger partial charge on any atom is 0.119 e. The van der Waals surface area contributed by atoms with Crippen molar-refractivity contribution in [2.24, 2.45) is 10.8 Å². The van der Waals surface area contributed by atoms with Crippen LogP contribution in [0.4, 0.5) is 0 Å². The Balaban J connectivity index is 1.56. The Morgan fingerprint density at radius 2 is 0.860 bits per heavy atom. The van der Waals surface area contributed by atoms with Gasteiger partial charge in [0.05, 0.1) is 55.9 Å². The first-order valence-corrected chi connectivity index (χ1v) is 15.0. The summed E-state index contributed by atoms with van der Waals surface area (Å²) in [5.74, 6) is 1.35. The molecular weight excluding hydrogens is 540 g/mol. The average molecular weight is 583 g/mol. The molecule has 226 valence electrons. The summed E-state index contributed by atoms with van der Waals surface area (Å²) < 4.78 is 12.1. The van der Waals surface area contributed by atoms with Crippen molar-refractivity contribution >= 4 is 0 Å². The van der Waals surface area contributed by atoms with E-state index in [1.165, 1.54) is 22.3 Å². The Morgan fingerprint density at radius 3 is 1.19 bits per heavy atom. The molecule has 43 heavy (non-hydrogen) atoms. The molecule has 0 bridgehead atoms. The van der Waals surface area contributed by atoms with Crippen LogP contribution >= 0.6 is 0 Å². The summed E-state index contributed by atoms with van der Waals surface area (Å²) in [4.78, 5) is 0. The first kappa shape index (κ1) is 30.8. The summed E-state index contributed by atoms with van der Waals surface area (Å²) in [5, 5.41) is 39.4. The van der Waals surface area contributed by atoms with Crippen molar-refractivity contribution in [2.75, 3.05) is 39.6 Å². The molecule has 0 fully saturated rings. The fraction of sp³-hybridized carbons (Fsp3) is 0.351. The highest BCUT2D eigenvalue weighted by Crippen LogP contribution is 2.56. The summed E-state index contributed by atoms with van der Waals surface area (Å²) in [6.45, 7) is 3.74. The lowest BCUT2D eigenvalue weighted by Crippen LogP contribution is -2.35. The second kappa shape index (κ2) is 12.9. The lowest BCUT2D eigenvalue weighted by molar-refractivity contribution is 0.0112. The highest BCUT2D eigenvalue weighted by molar-refractivity contribution is 5.86. The van der Waals surface area contributed by atoms with E-state index in [-0.39, 0.29) is 39.6 Å². The minimum atomic E-state index is -0.682. The third kappa shape index (κ3) is 5.45. The van der Waals surface area contributed by atoms with Crippen molar-refractivity contribution in [3.8, 4) is 22.6 Å². The summed E-state index contributed by atoms with van der Waals surface area (Å²) in [7, 11) is 0. The molecule has 4 aromatic rings. The highest BCUT2D eigenvalue weighted by atomic mass is 16.5. The molecule has 0 spiro atoms. The Labute approximate surface area is 254 Å². The predicted octanol–water partition coefficient (Wildman–Crippen LogP) is 5.57. The van der Waals surface area contributed by atoms with Crippen LogP contribution in [0, 0.1) is 10.8 Å². The molecule has 0 saturated heterocycles. The molecule has 0 atom stereocenters. The zero-order valence-electron chi connectivity index (χ0n) is 25.0. The largest absolute Gasteiger partial charge is 0.493 e. The predicted molar refractivity (Wildman–Crippen MR) is 169 cm³/mol. The van der Waals surface area contributed by atoms with E-state index in [9.17, 15) is 20.4 Å². The van der Waals surface area contributed by atoms with E-state index in [1.807, 2.05) is 38.1 Å². The van der Waals surface area contributed by atoms with Gasteiger partial charge in [0.15, 0.2) is 0 Å². The van der Waals surface area contributed by atoms with Crippen molar-refractivity contribution < 1.29 is 29.9 Å². The Kier molecular flexibility index (Phi) is 9.23.